The molecule has 0 aliphatic rings. The van der Waals surface area contributed by atoms with Gasteiger partial charge in [-0.1, -0.05) is 6.92 Å². The molecule has 0 saturated heterocycles. The second kappa shape index (κ2) is 6.20. The van der Waals surface area contributed by atoms with Crippen molar-refractivity contribution in [1.82, 2.24) is 0 Å². The third-order valence-corrected chi connectivity index (χ3v) is 3.65. The average Bonchev–Trinajstić information content (AvgIpc) is 2.65. The molecule has 0 spiro atoms. The lowest BCUT2D eigenvalue weighted by Crippen LogP contribution is -2.25. The first-order valence-electron chi connectivity index (χ1n) is 5.23. The quantitative estimate of drug-likeness (QED) is 0.784. The fourth-order valence-electron chi connectivity index (χ4n) is 1.42. The van der Waals surface area contributed by atoms with Gasteiger partial charge in [0.25, 0.3) is 0 Å². The summed E-state index contributed by atoms with van der Waals surface area (Å²) in [6.07, 6.45) is 0.906. The van der Waals surface area contributed by atoms with Gasteiger partial charge in [0, 0.05) is 11.8 Å². The van der Waals surface area contributed by atoms with Gasteiger partial charge in [0.05, 0.1) is 11.9 Å². The maximum absolute atomic E-state index is 8.83. The molecule has 86 valence electrons. The van der Waals surface area contributed by atoms with Gasteiger partial charge in [-0.3, -0.25) is 0 Å². The van der Waals surface area contributed by atoms with Crippen molar-refractivity contribution in [1.29, 1.82) is 0 Å². The van der Waals surface area contributed by atoms with E-state index in [0.29, 0.717) is 5.75 Å². The van der Waals surface area contributed by atoms with Gasteiger partial charge in [0.2, 0.25) is 0 Å². The zero-order chi connectivity index (χ0) is 11.3. The SMILES string of the molecule is CCC(N)C(SCCO)c1ccc(C)o1. The van der Waals surface area contributed by atoms with Gasteiger partial charge in [-0.25, -0.2) is 0 Å². The van der Waals surface area contributed by atoms with Crippen LogP contribution in [0.2, 0.25) is 0 Å². The van der Waals surface area contributed by atoms with Crippen LogP contribution in [0.5, 0.6) is 0 Å². The van der Waals surface area contributed by atoms with Crippen LogP contribution in [0.1, 0.15) is 30.1 Å². The Kier molecular flexibility index (Phi) is 5.22. The summed E-state index contributed by atoms with van der Waals surface area (Å²) in [4.78, 5) is 0. The van der Waals surface area contributed by atoms with Crippen LogP contribution in [0, 0.1) is 6.92 Å². The minimum absolute atomic E-state index is 0.0760. The fourth-order valence-corrected chi connectivity index (χ4v) is 2.51. The third-order valence-electron chi connectivity index (χ3n) is 2.29. The number of aliphatic hydroxyl groups is 1. The van der Waals surface area contributed by atoms with Crippen LogP contribution in [-0.2, 0) is 0 Å². The van der Waals surface area contributed by atoms with E-state index in [2.05, 4.69) is 6.92 Å². The monoisotopic (exact) mass is 229 g/mol. The van der Waals surface area contributed by atoms with Crippen LogP contribution < -0.4 is 5.73 Å². The molecule has 0 aromatic carbocycles. The summed E-state index contributed by atoms with van der Waals surface area (Å²) in [6, 6.07) is 4.00. The first-order chi connectivity index (χ1) is 7.19. The number of aliphatic hydroxyl groups excluding tert-OH is 1. The summed E-state index contributed by atoms with van der Waals surface area (Å²) in [6.45, 7) is 4.17. The summed E-state index contributed by atoms with van der Waals surface area (Å²) >= 11 is 1.65. The maximum Gasteiger partial charge on any atom is 0.118 e. The van der Waals surface area contributed by atoms with E-state index in [1.54, 1.807) is 11.8 Å². The maximum atomic E-state index is 8.83. The molecule has 1 aromatic rings. The van der Waals surface area contributed by atoms with E-state index in [-0.39, 0.29) is 17.9 Å². The number of hydrogen-bond acceptors (Lipinski definition) is 4. The Labute approximate surface area is 95.0 Å². The molecule has 0 amide bonds. The van der Waals surface area contributed by atoms with E-state index in [1.807, 2.05) is 19.1 Å². The Hall–Kier alpha value is -0.450. The summed E-state index contributed by atoms with van der Waals surface area (Å²) in [5, 5.41) is 8.98. The van der Waals surface area contributed by atoms with Gasteiger partial charge in [-0.15, -0.1) is 11.8 Å². The van der Waals surface area contributed by atoms with Crippen molar-refractivity contribution >= 4 is 11.8 Å². The lowest BCUT2D eigenvalue weighted by Gasteiger charge is -2.19. The molecular formula is C11H19NO2S. The molecule has 0 fully saturated rings. The highest BCUT2D eigenvalue weighted by molar-refractivity contribution is 7.99. The number of thioether (sulfide) groups is 1. The molecule has 1 aromatic heterocycles. The second-order valence-electron chi connectivity index (χ2n) is 3.54. The van der Waals surface area contributed by atoms with Crippen molar-refractivity contribution in [3.05, 3.63) is 23.7 Å². The molecule has 4 heteroatoms. The minimum atomic E-state index is 0.0760. The number of aryl methyl sites for hydroxylation is 1. The number of furan rings is 1. The first-order valence-corrected chi connectivity index (χ1v) is 6.28. The van der Waals surface area contributed by atoms with Crippen molar-refractivity contribution in [2.45, 2.75) is 31.6 Å². The molecule has 0 aliphatic heterocycles. The van der Waals surface area contributed by atoms with Gasteiger partial charge in [-0.2, -0.15) is 0 Å². The van der Waals surface area contributed by atoms with Crippen molar-refractivity contribution < 1.29 is 9.52 Å². The van der Waals surface area contributed by atoms with E-state index in [9.17, 15) is 0 Å². The Morgan fingerprint density at radius 2 is 2.27 bits per heavy atom. The molecule has 2 unspecified atom stereocenters. The van der Waals surface area contributed by atoms with Crippen molar-refractivity contribution in [2.75, 3.05) is 12.4 Å². The van der Waals surface area contributed by atoms with Gasteiger partial charge in [-0.05, 0) is 25.5 Å². The number of rotatable bonds is 6. The molecule has 3 N–H and O–H groups in total. The summed E-state index contributed by atoms with van der Waals surface area (Å²) < 4.78 is 5.58. The lowest BCUT2D eigenvalue weighted by molar-refractivity contribution is 0.322. The predicted octanol–water partition coefficient (Wildman–Crippen LogP) is 2.09. The van der Waals surface area contributed by atoms with Crippen molar-refractivity contribution in [3.63, 3.8) is 0 Å². The molecule has 0 saturated carbocycles. The molecule has 1 heterocycles. The number of hydrogen-bond donors (Lipinski definition) is 2. The molecule has 3 nitrogen and oxygen atoms in total. The third kappa shape index (κ3) is 3.55. The zero-order valence-electron chi connectivity index (χ0n) is 9.27. The van der Waals surface area contributed by atoms with Crippen LogP contribution in [0.15, 0.2) is 16.5 Å². The lowest BCUT2D eigenvalue weighted by atomic mass is 10.1. The highest BCUT2D eigenvalue weighted by Gasteiger charge is 2.21. The molecule has 1 rings (SSSR count). The van der Waals surface area contributed by atoms with Crippen LogP contribution in [0.3, 0.4) is 0 Å². The van der Waals surface area contributed by atoms with Crippen LogP contribution >= 0.6 is 11.8 Å². The zero-order valence-corrected chi connectivity index (χ0v) is 10.1. The van der Waals surface area contributed by atoms with Gasteiger partial charge in [0.15, 0.2) is 0 Å². The summed E-state index contributed by atoms with van der Waals surface area (Å²) in [5.74, 6) is 2.51. The van der Waals surface area contributed by atoms with Gasteiger partial charge >= 0.3 is 0 Å². The minimum Gasteiger partial charge on any atom is -0.465 e. The van der Waals surface area contributed by atoms with Crippen LogP contribution in [-0.4, -0.2) is 23.5 Å². The highest BCUT2D eigenvalue weighted by atomic mass is 32.2. The topological polar surface area (TPSA) is 59.4 Å². The van der Waals surface area contributed by atoms with E-state index in [4.69, 9.17) is 15.3 Å². The largest absolute Gasteiger partial charge is 0.465 e. The van der Waals surface area contributed by atoms with E-state index < -0.39 is 0 Å². The Morgan fingerprint density at radius 3 is 2.73 bits per heavy atom. The summed E-state index contributed by atoms with van der Waals surface area (Å²) in [5.41, 5.74) is 6.04. The van der Waals surface area contributed by atoms with Gasteiger partial charge in [0.1, 0.15) is 11.5 Å². The predicted molar refractivity (Wildman–Crippen MR) is 64.0 cm³/mol. The van der Waals surface area contributed by atoms with E-state index in [1.165, 1.54) is 0 Å². The fraction of sp³-hybridized carbons (Fsp3) is 0.636. The molecule has 0 radical (unpaired) electrons. The van der Waals surface area contributed by atoms with Crippen molar-refractivity contribution in [2.24, 2.45) is 5.73 Å². The summed E-state index contributed by atoms with van der Waals surface area (Å²) in [7, 11) is 0. The van der Waals surface area contributed by atoms with Crippen molar-refractivity contribution in [3.8, 4) is 0 Å². The smallest absolute Gasteiger partial charge is 0.118 e. The average molecular weight is 229 g/mol. The van der Waals surface area contributed by atoms with E-state index >= 15 is 0 Å². The van der Waals surface area contributed by atoms with Crippen LogP contribution in [0.4, 0.5) is 0 Å². The first kappa shape index (κ1) is 12.6. The Bertz CT molecular complexity index is 288. The van der Waals surface area contributed by atoms with Crippen LogP contribution in [0.25, 0.3) is 0 Å². The normalized spacial score (nSPS) is 15.2. The molecule has 2 atom stereocenters. The molecule has 0 aliphatic carbocycles. The second-order valence-corrected chi connectivity index (χ2v) is 4.78. The number of nitrogens with two attached hydrogens (primary N) is 1. The Morgan fingerprint density at radius 1 is 1.53 bits per heavy atom. The molecule has 15 heavy (non-hydrogen) atoms. The Balaban J connectivity index is 2.71. The standard InChI is InChI=1S/C11H19NO2S/c1-3-9(12)11(15-7-6-13)10-5-4-8(2)14-10/h4-5,9,11,13H,3,6-7,12H2,1-2H3. The molecular weight excluding hydrogens is 210 g/mol. The van der Waals surface area contributed by atoms with E-state index in [0.717, 1.165) is 17.9 Å². The molecule has 0 bridgehead atoms. The van der Waals surface area contributed by atoms with Gasteiger partial charge < -0.3 is 15.3 Å². The highest BCUT2D eigenvalue weighted by Crippen LogP contribution is 2.33.